The van der Waals surface area contributed by atoms with Crippen molar-refractivity contribution in [1.82, 2.24) is 14.7 Å². The number of aryl methyl sites for hydroxylation is 1. The summed E-state index contributed by atoms with van der Waals surface area (Å²) >= 11 is 0. The highest BCUT2D eigenvalue weighted by Crippen LogP contribution is 2.24. The Bertz CT molecular complexity index is 614. The number of likely N-dealkylation sites (tertiary alicyclic amines) is 1. The van der Waals surface area contributed by atoms with Crippen molar-refractivity contribution in [3.05, 3.63) is 35.9 Å². The third kappa shape index (κ3) is 4.55. The fraction of sp³-hybridized carbons (Fsp3) is 0.600. The van der Waals surface area contributed by atoms with Gasteiger partial charge in [-0.2, -0.15) is 0 Å². The highest BCUT2D eigenvalue weighted by atomic mass is 16.3. The number of aliphatic hydroxyl groups is 1. The molecule has 3 rings (SSSR count). The van der Waals surface area contributed by atoms with Crippen LogP contribution in [0, 0.1) is 5.92 Å². The Labute approximate surface area is 155 Å². The number of nitrogens with zero attached hydrogens (tertiary/aromatic N) is 3. The minimum Gasteiger partial charge on any atom is -0.393 e. The van der Waals surface area contributed by atoms with E-state index in [2.05, 4.69) is 12.1 Å². The van der Waals surface area contributed by atoms with Crippen LogP contribution in [-0.4, -0.2) is 77.6 Å². The van der Waals surface area contributed by atoms with Gasteiger partial charge in [-0.05, 0) is 37.2 Å². The van der Waals surface area contributed by atoms with Crippen molar-refractivity contribution in [3.8, 4) is 0 Å². The van der Waals surface area contributed by atoms with Gasteiger partial charge in [-0.25, -0.2) is 4.79 Å². The Hall–Kier alpha value is -2.08. The number of carbonyl (C=O) groups is 2. The monoisotopic (exact) mass is 359 g/mol. The summed E-state index contributed by atoms with van der Waals surface area (Å²) in [5.74, 6) is 0.271. The van der Waals surface area contributed by atoms with Gasteiger partial charge in [0, 0.05) is 33.2 Å². The maximum atomic E-state index is 12.4. The number of hydrogen-bond acceptors (Lipinski definition) is 3. The summed E-state index contributed by atoms with van der Waals surface area (Å²) < 4.78 is 0. The van der Waals surface area contributed by atoms with Gasteiger partial charge in [-0.3, -0.25) is 4.79 Å². The summed E-state index contributed by atoms with van der Waals surface area (Å²) in [5, 5.41) is 10.5. The number of urea groups is 1. The van der Waals surface area contributed by atoms with Gasteiger partial charge >= 0.3 is 6.03 Å². The molecule has 1 aromatic rings. The van der Waals surface area contributed by atoms with Crippen molar-refractivity contribution in [1.29, 1.82) is 0 Å². The average Bonchev–Trinajstić information content (AvgIpc) is 2.99. The van der Waals surface area contributed by atoms with Crippen LogP contribution in [0.25, 0.3) is 0 Å². The fourth-order valence-corrected chi connectivity index (χ4v) is 3.84. The van der Waals surface area contributed by atoms with Crippen molar-refractivity contribution in [2.24, 2.45) is 5.92 Å². The number of benzene rings is 1. The Kier molecular flexibility index (Phi) is 6.14. The predicted molar refractivity (Wildman–Crippen MR) is 99.7 cm³/mol. The minimum atomic E-state index is -0.318. The SMILES string of the molecule is CN1CCN(CC(=O)N2CCC([C@@H](O)CCc3ccccc3)CC2)C1=O. The zero-order chi connectivity index (χ0) is 18.5. The van der Waals surface area contributed by atoms with Gasteiger partial charge in [0.15, 0.2) is 0 Å². The second-order valence-corrected chi connectivity index (χ2v) is 7.44. The number of aliphatic hydroxyl groups excluding tert-OH is 1. The summed E-state index contributed by atoms with van der Waals surface area (Å²) in [7, 11) is 1.76. The van der Waals surface area contributed by atoms with E-state index in [4.69, 9.17) is 0 Å². The van der Waals surface area contributed by atoms with Crippen LogP contribution < -0.4 is 0 Å². The van der Waals surface area contributed by atoms with Crippen LogP contribution in [0.5, 0.6) is 0 Å². The highest BCUT2D eigenvalue weighted by Gasteiger charge is 2.31. The molecule has 0 spiro atoms. The number of rotatable bonds is 6. The van der Waals surface area contributed by atoms with E-state index in [9.17, 15) is 14.7 Å². The van der Waals surface area contributed by atoms with E-state index in [1.165, 1.54) is 5.56 Å². The van der Waals surface area contributed by atoms with Crippen LogP contribution in [0.15, 0.2) is 30.3 Å². The van der Waals surface area contributed by atoms with Gasteiger partial charge in [-0.15, -0.1) is 0 Å². The number of hydrogen-bond donors (Lipinski definition) is 1. The van der Waals surface area contributed by atoms with Gasteiger partial charge in [0.05, 0.1) is 6.10 Å². The molecule has 142 valence electrons. The molecule has 2 aliphatic heterocycles. The standard InChI is InChI=1S/C20H29N3O3/c1-21-13-14-23(20(21)26)15-19(25)22-11-9-17(10-12-22)18(24)8-7-16-5-3-2-4-6-16/h2-6,17-18,24H,7-15H2,1H3/t18-/m0/s1. The van der Waals surface area contributed by atoms with Crippen molar-refractivity contribution < 1.29 is 14.7 Å². The molecule has 0 saturated carbocycles. The summed E-state index contributed by atoms with van der Waals surface area (Å²) in [6.45, 7) is 2.81. The second kappa shape index (κ2) is 8.54. The molecule has 0 bridgehead atoms. The van der Waals surface area contributed by atoms with Crippen LogP contribution in [-0.2, 0) is 11.2 Å². The summed E-state index contributed by atoms with van der Waals surface area (Å²) in [6.07, 6.45) is 2.98. The quantitative estimate of drug-likeness (QED) is 0.839. The van der Waals surface area contributed by atoms with Crippen LogP contribution in [0.4, 0.5) is 4.79 Å². The van der Waals surface area contributed by atoms with Crippen LogP contribution in [0.3, 0.4) is 0 Å². The normalized spacial score (nSPS) is 19.9. The van der Waals surface area contributed by atoms with Crippen molar-refractivity contribution >= 4 is 11.9 Å². The molecule has 1 atom stereocenters. The number of piperidine rings is 1. The molecule has 6 heteroatoms. The Morgan fingerprint density at radius 2 is 1.85 bits per heavy atom. The molecule has 3 amide bonds. The zero-order valence-electron chi connectivity index (χ0n) is 15.5. The third-order valence-electron chi connectivity index (χ3n) is 5.64. The molecule has 2 aliphatic rings. The first-order valence-electron chi connectivity index (χ1n) is 9.54. The van der Waals surface area contributed by atoms with Crippen molar-refractivity contribution in [2.75, 3.05) is 39.8 Å². The molecule has 2 saturated heterocycles. The number of likely N-dealkylation sites (N-methyl/N-ethyl adjacent to an activating group) is 1. The van der Waals surface area contributed by atoms with Gasteiger partial charge in [0.2, 0.25) is 5.91 Å². The van der Waals surface area contributed by atoms with Gasteiger partial charge in [0.1, 0.15) is 6.54 Å². The molecular formula is C20H29N3O3. The predicted octanol–water partition coefficient (Wildman–Crippen LogP) is 1.59. The molecule has 0 aliphatic carbocycles. The molecule has 1 N–H and O–H groups in total. The second-order valence-electron chi connectivity index (χ2n) is 7.44. The smallest absolute Gasteiger partial charge is 0.320 e. The molecule has 26 heavy (non-hydrogen) atoms. The third-order valence-corrected chi connectivity index (χ3v) is 5.64. The highest BCUT2D eigenvalue weighted by molar-refractivity contribution is 5.85. The van der Waals surface area contributed by atoms with Gasteiger partial charge in [0.25, 0.3) is 0 Å². The zero-order valence-corrected chi connectivity index (χ0v) is 15.5. The summed E-state index contributed by atoms with van der Waals surface area (Å²) in [5.41, 5.74) is 1.25. The van der Waals surface area contributed by atoms with Crippen LogP contribution in [0.2, 0.25) is 0 Å². The largest absolute Gasteiger partial charge is 0.393 e. The van der Waals surface area contributed by atoms with Crippen LogP contribution in [0.1, 0.15) is 24.8 Å². The Morgan fingerprint density at radius 3 is 2.46 bits per heavy atom. The fourth-order valence-electron chi connectivity index (χ4n) is 3.84. The maximum absolute atomic E-state index is 12.4. The number of amides is 3. The molecular weight excluding hydrogens is 330 g/mol. The van der Waals surface area contributed by atoms with E-state index in [1.54, 1.807) is 16.8 Å². The number of carbonyl (C=O) groups excluding carboxylic acids is 2. The minimum absolute atomic E-state index is 0.0193. The van der Waals surface area contributed by atoms with Gasteiger partial charge < -0.3 is 19.8 Å². The lowest BCUT2D eigenvalue weighted by molar-refractivity contribution is -0.133. The van der Waals surface area contributed by atoms with E-state index in [-0.39, 0.29) is 30.5 Å². The lowest BCUT2D eigenvalue weighted by Crippen LogP contribution is -2.46. The van der Waals surface area contributed by atoms with E-state index < -0.39 is 0 Å². The first-order chi connectivity index (χ1) is 12.5. The molecule has 6 nitrogen and oxygen atoms in total. The molecule has 0 radical (unpaired) electrons. The van der Waals surface area contributed by atoms with Crippen LogP contribution >= 0.6 is 0 Å². The van der Waals surface area contributed by atoms with E-state index in [0.29, 0.717) is 26.2 Å². The average molecular weight is 359 g/mol. The molecule has 2 fully saturated rings. The topological polar surface area (TPSA) is 64.1 Å². The van der Waals surface area contributed by atoms with E-state index in [0.717, 1.165) is 25.7 Å². The molecule has 2 heterocycles. The summed E-state index contributed by atoms with van der Waals surface area (Å²) in [4.78, 5) is 29.4. The Morgan fingerprint density at radius 1 is 1.15 bits per heavy atom. The van der Waals surface area contributed by atoms with E-state index in [1.807, 2.05) is 23.1 Å². The van der Waals surface area contributed by atoms with Crippen molar-refractivity contribution in [3.63, 3.8) is 0 Å². The summed E-state index contributed by atoms with van der Waals surface area (Å²) in [6, 6.07) is 10.2. The first kappa shape index (κ1) is 18.7. The Balaban J connectivity index is 1.40. The first-order valence-corrected chi connectivity index (χ1v) is 9.54. The van der Waals surface area contributed by atoms with Crippen molar-refractivity contribution in [2.45, 2.75) is 31.8 Å². The lowest BCUT2D eigenvalue weighted by Gasteiger charge is -2.35. The van der Waals surface area contributed by atoms with Gasteiger partial charge in [-0.1, -0.05) is 30.3 Å². The maximum Gasteiger partial charge on any atom is 0.320 e. The molecule has 0 unspecified atom stereocenters. The van der Waals surface area contributed by atoms with E-state index >= 15 is 0 Å². The lowest BCUT2D eigenvalue weighted by atomic mass is 9.88. The molecule has 1 aromatic carbocycles. The molecule has 0 aromatic heterocycles.